The number of aryl methyl sites for hydroxylation is 1. The van der Waals surface area contributed by atoms with Crippen molar-refractivity contribution in [2.45, 2.75) is 33.3 Å². The Balaban J connectivity index is 2.15. The average Bonchev–Trinajstić information content (AvgIpc) is 2.41. The second kappa shape index (κ2) is 6.33. The molecule has 0 atom stereocenters. The van der Waals surface area contributed by atoms with E-state index in [1.807, 2.05) is 45.0 Å². The number of carbonyl (C=O) groups excluding carboxylic acids is 1. The van der Waals surface area contributed by atoms with Gasteiger partial charge in [0.25, 0.3) is 0 Å². The van der Waals surface area contributed by atoms with Crippen LogP contribution in [0, 0.1) is 6.92 Å². The molecule has 1 aromatic heterocycles. The summed E-state index contributed by atoms with van der Waals surface area (Å²) in [5.41, 5.74) is 2.77. The third-order valence-electron chi connectivity index (χ3n) is 3.02. The van der Waals surface area contributed by atoms with Crippen LogP contribution in [0.25, 0.3) is 0 Å². The van der Waals surface area contributed by atoms with Gasteiger partial charge in [0, 0.05) is 18.2 Å². The minimum atomic E-state index is 0.0565. The van der Waals surface area contributed by atoms with Crippen molar-refractivity contribution in [3.05, 3.63) is 59.4 Å². The molecule has 0 bridgehead atoms. The van der Waals surface area contributed by atoms with E-state index in [2.05, 4.69) is 4.98 Å². The van der Waals surface area contributed by atoms with Crippen molar-refractivity contribution < 1.29 is 9.53 Å². The van der Waals surface area contributed by atoms with Gasteiger partial charge in [-0.3, -0.25) is 9.78 Å². The lowest BCUT2D eigenvalue weighted by Gasteiger charge is -2.10. The first-order valence-corrected chi connectivity index (χ1v) is 6.75. The first-order valence-electron chi connectivity index (χ1n) is 6.75. The monoisotopic (exact) mass is 269 g/mol. The fraction of sp³-hybridized carbons (Fsp3) is 0.294. The molecule has 20 heavy (non-hydrogen) atoms. The number of hydrogen-bond donors (Lipinski definition) is 0. The summed E-state index contributed by atoms with van der Waals surface area (Å²) in [5, 5.41) is 0. The molecule has 104 valence electrons. The molecular weight excluding hydrogens is 250 g/mol. The predicted octanol–water partition coefficient (Wildman–Crippen LogP) is 3.60. The van der Waals surface area contributed by atoms with E-state index < -0.39 is 0 Å². The number of aromatic nitrogens is 1. The molecule has 1 heterocycles. The molecule has 3 nitrogen and oxygen atoms in total. The van der Waals surface area contributed by atoms with Gasteiger partial charge in [0.1, 0.15) is 5.75 Å². The van der Waals surface area contributed by atoms with Gasteiger partial charge in [-0.2, -0.15) is 0 Å². The van der Waals surface area contributed by atoms with Crippen molar-refractivity contribution in [2.75, 3.05) is 0 Å². The van der Waals surface area contributed by atoms with Crippen LogP contribution in [0.4, 0.5) is 0 Å². The van der Waals surface area contributed by atoms with Gasteiger partial charge < -0.3 is 4.74 Å². The smallest absolute Gasteiger partial charge is 0.168 e. The highest BCUT2D eigenvalue weighted by Crippen LogP contribution is 2.16. The van der Waals surface area contributed by atoms with E-state index in [-0.39, 0.29) is 11.9 Å². The van der Waals surface area contributed by atoms with Crippen molar-refractivity contribution in [2.24, 2.45) is 0 Å². The highest BCUT2D eigenvalue weighted by molar-refractivity contribution is 5.97. The minimum Gasteiger partial charge on any atom is -0.489 e. The van der Waals surface area contributed by atoms with Crippen LogP contribution in [0.3, 0.4) is 0 Å². The Bertz CT molecular complexity index is 605. The first-order chi connectivity index (χ1) is 9.56. The molecule has 0 aliphatic carbocycles. The van der Waals surface area contributed by atoms with Crippen LogP contribution in [-0.4, -0.2) is 16.9 Å². The van der Waals surface area contributed by atoms with Crippen LogP contribution in [0.2, 0.25) is 0 Å². The third-order valence-corrected chi connectivity index (χ3v) is 3.02. The van der Waals surface area contributed by atoms with Crippen molar-refractivity contribution in [1.82, 2.24) is 4.98 Å². The number of rotatable bonds is 5. The van der Waals surface area contributed by atoms with Gasteiger partial charge in [-0.25, -0.2) is 0 Å². The molecule has 0 saturated carbocycles. The molecule has 0 aliphatic rings. The van der Waals surface area contributed by atoms with E-state index in [4.69, 9.17) is 4.74 Å². The number of ether oxygens (including phenoxy) is 1. The van der Waals surface area contributed by atoms with Gasteiger partial charge in [0.2, 0.25) is 0 Å². The van der Waals surface area contributed by atoms with E-state index in [1.165, 1.54) is 0 Å². The fourth-order valence-electron chi connectivity index (χ4n) is 1.99. The topological polar surface area (TPSA) is 39.2 Å². The highest BCUT2D eigenvalue weighted by atomic mass is 16.5. The van der Waals surface area contributed by atoms with Crippen LogP contribution in [-0.2, 0) is 6.42 Å². The maximum atomic E-state index is 12.3. The van der Waals surface area contributed by atoms with Crippen LogP contribution in [0.15, 0.2) is 42.7 Å². The lowest BCUT2D eigenvalue weighted by Crippen LogP contribution is -2.09. The number of ketones is 1. The molecular formula is C17H19NO2. The first kappa shape index (κ1) is 14.3. The van der Waals surface area contributed by atoms with E-state index in [1.54, 1.807) is 18.5 Å². The quantitative estimate of drug-likeness (QED) is 0.778. The maximum absolute atomic E-state index is 12.3. The zero-order valence-electron chi connectivity index (χ0n) is 12.1. The van der Waals surface area contributed by atoms with Crippen LogP contribution >= 0.6 is 0 Å². The number of Topliss-reactive ketones (excluding diaryl/α,β-unsaturated/α-hetero) is 1. The molecule has 0 saturated heterocycles. The summed E-state index contributed by atoms with van der Waals surface area (Å²) in [5.74, 6) is 0.691. The van der Waals surface area contributed by atoms with Crippen molar-refractivity contribution in [3.63, 3.8) is 0 Å². The molecule has 0 radical (unpaired) electrons. The Morgan fingerprint density at radius 2 is 2.00 bits per heavy atom. The van der Waals surface area contributed by atoms with E-state index in [9.17, 15) is 4.79 Å². The Morgan fingerprint density at radius 3 is 2.70 bits per heavy atom. The van der Waals surface area contributed by atoms with Gasteiger partial charge >= 0.3 is 0 Å². The SMILES string of the molecule is Cc1ccccc1CC(=O)c1cncc(OC(C)C)c1. The van der Waals surface area contributed by atoms with Crippen molar-refractivity contribution >= 4 is 5.78 Å². The van der Waals surface area contributed by atoms with Gasteiger partial charge in [-0.1, -0.05) is 24.3 Å². The summed E-state index contributed by atoms with van der Waals surface area (Å²) < 4.78 is 5.56. The van der Waals surface area contributed by atoms with E-state index in [0.29, 0.717) is 17.7 Å². The van der Waals surface area contributed by atoms with E-state index in [0.717, 1.165) is 11.1 Å². The Kier molecular flexibility index (Phi) is 4.51. The predicted molar refractivity (Wildman–Crippen MR) is 79.2 cm³/mol. The number of carbonyl (C=O) groups is 1. The second-order valence-electron chi connectivity index (χ2n) is 5.10. The molecule has 1 aromatic carbocycles. The number of nitrogens with zero attached hydrogens (tertiary/aromatic N) is 1. The highest BCUT2D eigenvalue weighted by Gasteiger charge is 2.10. The molecule has 0 aliphatic heterocycles. The summed E-state index contributed by atoms with van der Waals surface area (Å²) in [6.07, 6.45) is 3.68. The Morgan fingerprint density at radius 1 is 1.25 bits per heavy atom. The fourth-order valence-corrected chi connectivity index (χ4v) is 1.99. The summed E-state index contributed by atoms with van der Waals surface area (Å²) in [7, 11) is 0. The number of benzene rings is 1. The zero-order valence-corrected chi connectivity index (χ0v) is 12.1. The van der Waals surface area contributed by atoms with Gasteiger partial charge in [-0.15, -0.1) is 0 Å². The number of pyridine rings is 1. The Labute approximate surface area is 119 Å². The molecule has 0 spiro atoms. The summed E-state index contributed by atoms with van der Waals surface area (Å²) in [6.45, 7) is 5.91. The summed E-state index contributed by atoms with van der Waals surface area (Å²) >= 11 is 0. The van der Waals surface area contributed by atoms with Crippen LogP contribution in [0.5, 0.6) is 5.75 Å². The Hall–Kier alpha value is -2.16. The van der Waals surface area contributed by atoms with Gasteiger partial charge in [0.15, 0.2) is 5.78 Å². The second-order valence-corrected chi connectivity index (χ2v) is 5.10. The largest absolute Gasteiger partial charge is 0.489 e. The average molecular weight is 269 g/mol. The molecule has 0 unspecified atom stereocenters. The third kappa shape index (κ3) is 3.67. The molecule has 2 rings (SSSR count). The molecule has 2 aromatic rings. The molecule has 0 N–H and O–H groups in total. The molecule has 3 heteroatoms. The van der Waals surface area contributed by atoms with Gasteiger partial charge in [0.05, 0.1) is 12.3 Å². The normalized spacial score (nSPS) is 10.6. The van der Waals surface area contributed by atoms with Crippen molar-refractivity contribution in [3.8, 4) is 5.75 Å². The van der Waals surface area contributed by atoms with Crippen molar-refractivity contribution in [1.29, 1.82) is 0 Å². The zero-order chi connectivity index (χ0) is 14.5. The summed E-state index contributed by atoms with van der Waals surface area (Å²) in [4.78, 5) is 16.4. The van der Waals surface area contributed by atoms with E-state index >= 15 is 0 Å². The maximum Gasteiger partial charge on any atom is 0.168 e. The summed E-state index contributed by atoms with van der Waals surface area (Å²) in [6, 6.07) is 9.68. The molecule has 0 amide bonds. The van der Waals surface area contributed by atoms with Gasteiger partial charge in [-0.05, 0) is 38.0 Å². The lowest BCUT2D eigenvalue weighted by molar-refractivity contribution is 0.0991. The molecule has 0 fully saturated rings. The van der Waals surface area contributed by atoms with Crippen LogP contribution in [0.1, 0.15) is 35.3 Å². The standard InChI is InChI=1S/C17H19NO2/c1-12(2)20-16-8-15(10-18-11-16)17(19)9-14-7-5-4-6-13(14)3/h4-8,10-12H,9H2,1-3H3. The number of hydrogen-bond acceptors (Lipinski definition) is 3. The minimum absolute atomic E-state index is 0.0565. The lowest BCUT2D eigenvalue weighted by atomic mass is 10.0. The van der Waals surface area contributed by atoms with Crippen LogP contribution < -0.4 is 4.74 Å².